The first-order chi connectivity index (χ1) is 10.9. The number of ether oxygens (including phenoxy) is 2. The van der Waals surface area contributed by atoms with Crippen molar-refractivity contribution in [3.63, 3.8) is 0 Å². The highest BCUT2D eigenvalue weighted by Gasteiger charge is 2.47. The van der Waals surface area contributed by atoms with Crippen LogP contribution in [0.5, 0.6) is 5.75 Å². The van der Waals surface area contributed by atoms with Crippen molar-refractivity contribution >= 4 is 11.6 Å². The summed E-state index contributed by atoms with van der Waals surface area (Å²) < 4.78 is 11.1. The predicted octanol–water partition coefficient (Wildman–Crippen LogP) is 3.35. The van der Waals surface area contributed by atoms with Crippen LogP contribution >= 0.6 is 0 Å². The number of methoxy groups -OCH3 is 1. The highest BCUT2D eigenvalue weighted by atomic mass is 16.5. The molecule has 0 spiro atoms. The van der Waals surface area contributed by atoms with Gasteiger partial charge in [0.25, 0.3) is 5.91 Å². The molecular weight excluding hydrogens is 292 g/mol. The highest BCUT2D eigenvalue weighted by Crippen LogP contribution is 2.42. The van der Waals surface area contributed by atoms with E-state index in [0.717, 1.165) is 12.8 Å². The Balaban J connectivity index is 2.13. The van der Waals surface area contributed by atoms with Crippen LogP contribution in [0.1, 0.15) is 39.2 Å². The summed E-state index contributed by atoms with van der Waals surface area (Å²) in [4.78, 5) is 12.5. The molecule has 1 aromatic rings. The number of carbonyl (C=O) groups excluding carboxylic acids is 1. The van der Waals surface area contributed by atoms with Gasteiger partial charge in [-0.3, -0.25) is 4.79 Å². The van der Waals surface area contributed by atoms with Gasteiger partial charge in [-0.25, -0.2) is 0 Å². The molecule has 1 N–H and O–H groups in total. The van der Waals surface area contributed by atoms with E-state index in [9.17, 15) is 10.1 Å². The molecule has 0 aromatic heterocycles. The molecule has 0 saturated heterocycles. The minimum atomic E-state index is -0.848. The van der Waals surface area contributed by atoms with Crippen LogP contribution in [-0.4, -0.2) is 25.2 Å². The topological polar surface area (TPSA) is 71.3 Å². The van der Waals surface area contributed by atoms with Gasteiger partial charge in [-0.05, 0) is 49.8 Å². The van der Waals surface area contributed by atoms with E-state index in [1.54, 1.807) is 32.2 Å². The number of hydrogen-bond donors (Lipinski definition) is 1. The molecule has 1 aliphatic rings. The first-order valence-electron chi connectivity index (χ1n) is 7.94. The van der Waals surface area contributed by atoms with Gasteiger partial charge in [-0.15, -0.1) is 0 Å². The standard InChI is InChI=1S/C18H24N2O3/c1-12(2)11-23-15-7-8-16(13(9-15)10-19)20-17(21)18(3,22-4)14-5-6-14/h7-9,12,14H,5-6,11H2,1-4H3,(H,20,21)/t18-/m0/s1. The molecule has 1 aromatic carbocycles. The Bertz CT molecular complexity index is 617. The minimum absolute atomic E-state index is 0.213. The molecule has 23 heavy (non-hydrogen) atoms. The quantitative estimate of drug-likeness (QED) is 0.837. The number of nitrogens with zero attached hydrogens (tertiary/aromatic N) is 1. The third kappa shape index (κ3) is 4.02. The monoisotopic (exact) mass is 316 g/mol. The summed E-state index contributed by atoms with van der Waals surface area (Å²) in [5.74, 6) is 1.06. The lowest BCUT2D eigenvalue weighted by molar-refractivity contribution is -0.138. The lowest BCUT2D eigenvalue weighted by Crippen LogP contribution is -2.44. The second-order valence-corrected chi connectivity index (χ2v) is 6.56. The largest absolute Gasteiger partial charge is 0.493 e. The fourth-order valence-corrected chi connectivity index (χ4v) is 2.40. The maximum Gasteiger partial charge on any atom is 0.256 e. The molecule has 5 nitrogen and oxygen atoms in total. The third-order valence-corrected chi connectivity index (χ3v) is 4.17. The molecule has 1 aliphatic carbocycles. The molecule has 0 bridgehead atoms. The Morgan fingerprint density at radius 1 is 1.48 bits per heavy atom. The summed E-state index contributed by atoms with van der Waals surface area (Å²) >= 11 is 0. The van der Waals surface area contributed by atoms with Crippen molar-refractivity contribution in [3.05, 3.63) is 23.8 Å². The van der Waals surface area contributed by atoms with E-state index in [2.05, 4.69) is 25.2 Å². The molecule has 0 unspecified atom stereocenters. The van der Waals surface area contributed by atoms with E-state index < -0.39 is 5.60 Å². The maximum atomic E-state index is 12.5. The van der Waals surface area contributed by atoms with Gasteiger partial charge < -0.3 is 14.8 Å². The smallest absolute Gasteiger partial charge is 0.256 e. The number of rotatable bonds is 7. The van der Waals surface area contributed by atoms with Crippen molar-refractivity contribution in [2.75, 3.05) is 19.0 Å². The number of nitriles is 1. The van der Waals surface area contributed by atoms with E-state index in [-0.39, 0.29) is 11.8 Å². The SMILES string of the molecule is CO[C@](C)(C(=O)Nc1ccc(OCC(C)C)cc1C#N)C1CC1. The highest BCUT2D eigenvalue weighted by molar-refractivity contribution is 5.98. The lowest BCUT2D eigenvalue weighted by Gasteiger charge is -2.27. The fourth-order valence-electron chi connectivity index (χ4n) is 2.40. The van der Waals surface area contributed by atoms with Gasteiger partial charge in [0.15, 0.2) is 0 Å². The average molecular weight is 316 g/mol. The number of nitrogens with one attached hydrogen (secondary N) is 1. The summed E-state index contributed by atoms with van der Waals surface area (Å²) in [6.07, 6.45) is 1.98. The Morgan fingerprint density at radius 2 is 2.17 bits per heavy atom. The zero-order valence-corrected chi connectivity index (χ0v) is 14.2. The van der Waals surface area contributed by atoms with E-state index in [1.807, 2.05) is 0 Å². The number of amides is 1. The second kappa shape index (κ2) is 7.01. The predicted molar refractivity (Wildman–Crippen MR) is 88.3 cm³/mol. The van der Waals surface area contributed by atoms with Crippen molar-refractivity contribution in [1.29, 1.82) is 5.26 Å². The first kappa shape index (κ1) is 17.3. The molecule has 1 fully saturated rings. The van der Waals surface area contributed by atoms with Crippen LogP contribution in [0.3, 0.4) is 0 Å². The summed E-state index contributed by atoms with van der Waals surface area (Å²) in [5, 5.41) is 12.2. The minimum Gasteiger partial charge on any atom is -0.493 e. The van der Waals surface area contributed by atoms with Gasteiger partial charge in [0.1, 0.15) is 17.4 Å². The fraction of sp³-hybridized carbons (Fsp3) is 0.556. The summed E-state index contributed by atoms with van der Waals surface area (Å²) in [6.45, 7) is 6.50. The van der Waals surface area contributed by atoms with E-state index >= 15 is 0 Å². The molecule has 1 amide bonds. The van der Waals surface area contributed by atoms with Gasteiger partial charge in [0.2, 0.25) is 0 Å². The molecule has 124 valence electrons. The van der Waals surface area contributed by atoms with Gasteiger partial charge in [-0.1, -0.05) is 13.8 Å². The molecule has 0 heterocycles. The molecule has 2 rings (SSSR count). The molecule has 0 radical (unpaired) electrons. The van der Waals surface area contributed by atoms with Crippen molar-refractivity contribution < 1.29 is 14.3 Å². The Hall–Kier alpha value is -2.06. The number of hydrogen-bond acceptors (Lipinski definition) is 4. The first-order valence-corrected chi connectivity index (χ1v) is 7.94. The lowest BCUT2D eigenvalue weighted by atomic mass is 9.98. The average Bonchev–Trinajstić information content (AvgIpc) is 3.38. The summed E-state index contributed by atoms with van der Waals surface area (Å²) in [6, 6.07) is 7.23. The Morgan fingerprint density at radius 3 is 2.70 bits per heavy atom. The molecule has 1 saturated carbocycles. The number of anilines is 1. The van der Waals surface area contributed by atoms with Crippen molar-refractivity contribution in [2.24, 2.45) is 11.8 Å². The van der Waals surface area contributed by atoms with Gasteiger partial charge in [0.05, 0.1) is 17.9 Å². The van der Waals surface area contributed by atoms with Crippen LogP contribution in [0.25, 0.3) is 0 Å². The number of benzene rings is 1. The van der Waals surface area contributed by atoms with Crippen LogP contribution in [0.2, 0.25) is 0 Å². The van der Waals surface area contributed by atoms with Gasteiger partial charge >= 0.3 is 0 Å². The second-order valence-electron chi connectivity index (χ2n) is 6.56. The van der Waals surface area contributed by atoms with Crippen LogP contribution in [-0.2, 0) is 9.53 Å². The zero-order valence-electron chi connectivity index (χ0n) is 14.2. The van der Waals surface area contributed by atoms with E-state index in [0.29, 0.717) is 29.5 Å². The van der Waals surface area contributed by atoms with Crippen LogP contribution < -0.4 is 10.1 Å². The van der Waals surface area contributed by atoms with Crippen LogP contribution in [0, 0.1) is 23.2 Å². The molecular formula is C18H24N2O3. The normalized spacial score (nSPS) is 16.5. The van der Waals surface area contributed by atoms with E-state index in [1.165, 1.54) is 0 Å². The van der Waals surface area contributed by atoms with E-state index in [4.69, 9.17) is 9.47 Å². The van der Waals surface area contributed by atoms with Crippen LogP contribution in [0.4, 0.5) is 5.69 Å². The van der Waals surface area contributed by atoms with Gasteiger partial charge in [-0.2, -0.15) is 5.26 Å². The van der Waals surface area contributed by atoms with Gasteiger partial charge in [0, 0.05) is 7.11 Å². The Kier molecular flexibility index (Phi) is 5.27. The third-order valence-electron chi connectivity index (χ3n) is 4.17. The van der Waals surface area contributed by atoms with Crippen molar-refractivity contribution in [1.82, 2.24) is 0 Å². The molecule has 0 aliphatic heterocycles. The Labute approximate surface area is 137 Å². The van der Waals surface area contributed by atoms with Crippen LogP contribution in [0.15, 0.2) is 18.2 Å². The zero-order chi connectivity index (χ0) is 17.0. The molecule has 1 atom stereocenters. The van der Waals surface area contributed by atoms with Crippen molar-refractivity contribution in [3.8, 4) is 11.8 Å². The van der Waals surface area contributed by atoms with Crippen molar-refractivity contribution in [2.45, 2.75) is 39.2 Å². The molecule has 5 heteroatoms. The maximum absolute atomic E-state index is 12.5. The summed E-state index contributed by atoms with van der Waals surface area (Å²) in [5.41, 5.74) is 0.0201. The number of carbonyl (C=O) groups is 1. The summed E-state index contributed by atoms with van der Waals surface area (Å²) in [7, 11) is 1.55.